The van der Waals surface area contributed by atoms with Gasteiger partial charge in [0.15, 0.2) is 0 Å². The van der Waals surface area contributed by atoms with Gasteiger partial charge in [-0.05, 0) is 76.0 Å². The first-order valence-electron chi connectivity index (χ1n) is 11.9. The molecule has 2 unspecified atom stereocenters. The lowest BCUT2D eigenvalue weighted by molar-refractivity contribution is -0.160. The number of esters is 1. The number of carbonyl (C=O) groups is 2. The highest BCUT2D eigenvalue weighted by Gasteiger charge is 2.36. The van der Waals surface area contributed by atoms with Gasteiger partial charge in [0.05, 0.1) is 13.0 Å². The third-order valence-electron chi connectivity index (χ3n) is 5.96. The first-order valence-corrected chi connectivity index (χ1v) is 13.0. The number of ether oxygens (including phenoxy) is 2. The van der Waals surface area contributed by atoms with E-state index in [1.807, 2.05) is 44.7 Å². The number of carboxylic acid groups (broad SMARTS) is 1. The van der Waals surface area contributed by atoms with Gasteiger partial charge in [-0.1, -0.05) is 26.0 Å². The summed E-state index contributed by atoms with van der Waals surface area (Å²) in [7, 11) is 1.66. The quantitative estimate of drug-likeness (QED) is 0.410. The Labute approximate surface area is 203 Å². The Bertz CT molecular complexity index is 751. The minimum absolute atomic E-state index is 0.129. The van der Waals surface area contributed by atoms with Crippen molar-refractivity contribution in [2.24, 2.45) is 17.8 Å². The topological polar surface area (TPSA) is 76.1 Å². The van der Waals surface area contributed by atoms with E-state index in [1.165, 1.54) is 10.5 Å². The Morgan fingerprint density at radius 1 is 1.15 bits per heavy atom. The minimum Gasteiger partial charge on any atom is -0.497 e. The molecular weight excluding hydrogens is 438 g/mol. The summed E-state index contributed by atoms with van der Waals surface area (Å²) in [5, 5.41) is 9.40. The molecule has 0 spiro atoms. The molecule has 1 aromatic carbocycles. The first kappa shape index (κ1) is 27.4. The molecule has 1 aliphatic rings. The second kappa shape index (κ2) is 12.5. The molecule has 1 aromatic rings. The highest BCUT2D eigenvalue weighted by molar-refractivity contribution is 7.99. The summed E-state index contributed by atoms with van der Waals surface area (Å²) in [6.07, 6.45) is 2.41. The number of carbonyl (C=O) groups excluding carboxylic acids is 1. The van der Waals surface area contributed by atoms with E-state index < -0.39 is 11.7 Å². The highest BCUT2D eigenvalue weighted by atomic mass is 32.2. The van der Waals surface area contributed by atoms with Crippen LogP contribution < -0.4 is 4.74 Å². The van der Waals surface area contributed by atoms with Crippen LogP contribution in [0.3, 0.4) is 0 Å². The van der Waals surface area contributed by atoms with E-state index in [4.69, 9.17) is 9.47 Å². The predicted molar refractivity (Wildman–Crippen MR) is 134 cm³/mol. The molecule has 0 aromatic heterocycles. The van der Waals surface area contributed by atoms with Crippen molar-refractivity contribution in [3.63, 3.8) is 0 Å². The molecule has 1 aliphatic heterocycles. The summed E-state index contributed by atoms with van der Waals surface area (Å²) < 4.78 is 11.1. The number of hydrogen-bond donors (Lipinski definition) is 1. The third kappa shape index (κ3) is 9.48. The van der Waals surface area contributed by atoms with Gasteiger partial charge in [-0.3, -0.25) is 4.79 Å². The fourth-order valence-electron chi connectivity index (χ4n) is 4.23. The van der Waals surface area contributed by atoms with E-state index >= 15 is 0 Å². The van der Waals surface area contributed by atoms with Crippen LogP contribution in [0.4, 0.5) is 4.79 Å². The van der Waals surface area contributed by atoms with Crippen LogP contribution in [0, 0.1) is 17.8 Å². The molecule has 0 aliphatic carbocycles. The molecular formula is C26H41NO5S. The number of likely N-dealkylation sites (tertiary alicyclic amines) is 1. The Kier molecular flexibility index (Phi) is 10.4. The van der Waals surface area contributed by atoms with Gasteiger partial charge in [0, 0.05) is 24.1 Å². The molecule has 2 rings (SSSR count). The van der Waals surface area contributed by atoms with Crippen molar-refractivity contribution >= 4 is 23.8 Å². The maximum Gasteiger partial charge on any atom is 0.407 e. The van der Waals surface area contributed by atoms with Crippen LogP contribution in [0.25, 0.3) is 0 Å². The van der Waals surface area contributed by atoms with Crippen LogP contribution in [0.5, 0.6) is 5.75 Å². The number of benzene rings is 1. The molecule has 0 bridgehead atoms. The fourth-order valence-corrected chi connectivity index (χ4v) is 5.81. The number of hydrogen-bond acceptors (Lipinski definition) is 5. The molecule has 2 atom stereocenters. The Morgan fingerprint density at radius 2 is 1.76 bits per heavy atom. The molecule has 7 heteroatoms. The molecule has 1 fully saturated rings. The summed E-state index contributed by atoms with van der Waals surface area (Å²) >= 11 is 1.83. The van der Waals surface area contributed by atoms with Gasteiger partial charge in [-0.15, -0.1) is 0 Å². The van der Waals surface area contributed by atoms with Crippen LogP contribution in [-0.4, -0.2) is 53.1 Å². The zero-order valence-electron chi connectivity index (χ0n) is 21.0. The van der Waals surface area contributed by atoms with Gasteiger partial charge in [-0.2, -0.15) is 11.8 Å². The highest BCUT2D eigenvalue weighted by Crippen LogP contribution is 2.37. The van der Waals surface area contributed by atoms with E-state index in [-0.39, 0.29) is 17.1 Å². The van der Waals surface area contributed by atoms with E-state index in [0.717, 1.165) is 37.2 Å². The van der Waals surface area contributed by atoms with Crippen molar-refractivity contribution in [3.8, 4) is 5.75 Å². The Morgan fingerprint density at radius 3 is 2.24 bits per heavy atom. The SMILES string of the molecule is COc1ccc(CSC(CC(C)C)C(CC2CCN(C(=O)O)CC2)C(=O)OC(C)(C)C)cc1. The Hall–Kier alpha value is -1.89. The van der Waals surface area contributed by atoms with E-state index in [9.17, 15) is 14.7 Å². The summed E-state index contributed by atoms with van der Waals surface area (Å²) in [5.74, 6) is 2.10. The average molecular weight is 480 g/mol. The molecule has 0 saturated carbocycles. The second-order valence-corrected chi connectivity index (χ2v) is 11.6. The number of piperidine rings is 1. The number of methoxy groups -OCH3 is 1. The lowest BCUT2D eigenvalue weighted by Crippen LogP contribution is -2.40. The normalized spacial score (nSPS) is 17.0. The number of rotatable bonds is 10. The molecule has 1 N–H and O–H groups in total. The van der Waals surface area contributed by atoms with E-state index in [1.54, 1.807) is 7.11 Å². The lowest BCUT2D eigenvalue weighted by atomic mass is 9.83. The lowest BCUT2D eigenvalue weighted by Gasteiger charge is -2.35. The van der Waals surface area contributed by atoms with Gasteiger partial charge in [0.25, 0.3) is 0 Å². The zero-order valence-corrected chi connectivity index (χ0v) is 21.8. The maximum atomic E-state index is 13.4. The summed E-state index contributed by atoms with van der Waals surface area (Å²) in [6.45, 7) is 11.2. The van der Waals surface area contributed by atoms with Crippen LogP contribution in [0.15, 0.2) is 24.3 Å². The zero-order chi connectivity index (χ0) is 24.6. The monoisotopic (exact) mass is 479 g/mol. The molecule has 186 valence electrons. The maximum absolute atomic E-state index is 13.4. The van der Waals surface area contributed by atoms with Gasteiger partial charge in [0.2, 0.25) is 0 Å². The van der Waals surface area contributed by atoms with Crippen LogP contribution >= 0.6 is 11.8 Å². The van der Waals surface area contributed by atoms with E-state index in [2.05, 4.69) is 26.0 Å². The van der Waals surface area contributed by atoms with Crippen molar-refractivity contribution < 1.29 is 24.2 Å². The van der Waals surface area contributed by atoms with Gasteiger partial charge >= 0.3 is 12.1 Å². The second-order valence-electron chi connectivity index (χ2n) is 10.4. The van der Waals surface area contributed by atoms with Crippen molar-refractivity contribution in [1.82, 2.24) is 4.90 Å². The van der Waals surface area contributed by atoms with E-state index in [0.29, 0.717) is 24.9 Å². The van der Waals surface area contributed by atoms with Crippen LogP contribution in [-0.2, 0) is 15.3 Å². The molecule has 33 heavy (non-hydrogen) atoms. The summed E-state index contributed by atoms with van der Waals surface area (Å²) in [6, 6.07) is 8.08. The Balaban J connectivity index is 2.16. The largest absolute Gasteiger partial charge is 0.497 e. The first-order chi connectivity index (χ1) is 15.5. The minimum atomic E-state index is -0.857. The number of nitrogens with zero attached hydrogens (tertiary/aromatic N) is 1. The standard InChI is InChI=1S/C26H41NO5S/c1-18(2)15-23(33-17-20-7-9-21(31-6)10-8-20)22(24(28)32-26(3,4)5)16-19-11-13-27(14-12-19)25(29)30/h7-10,18-19,22-23H,11-17H2,1-6H3,(H,29,30). The van der Waals surface area contributed by atoms with Gasteiger partial charge < -0.3 is 19.5 Å². The van der Waals surface area contributed by atoms with Crippen molar-refractivity contribution in [2.45, 2.75) is 76.9 Å². The fraction of sp³-hybridized carbons (Fsp3) is 0.692. The molecule has 6 nitrogen and oxygen atoms in total. The van der Waals surface area contributed by atoms with Gasteiger partial charge in [-0.25, -0.2) is 4.79 Å². The van der Waals surface area contributed by atoms with Crippen LogP contribution in [0.1, 0.15) is 65.9 Å². The smallest absolute Gasteiger partial charge is 0.407 e. The summed E-state index contributed by atoms with van der Waals surface area (Å²) in [4.78, 5) is 26.1. The molecule has 0 radical (unpaired) electrons. The van der Waals surface area contributed by atoms with Crippen molar-refractivity contribution in [2.75, 3.05) is 20.2 Å². The summed E-state index contributed by atoms with van der Waals surface area (Å²) in [5.41, 5.74) is 0.664. The number of amides is 1. The molecule has 1 heterocycles. The number of thioether (sulfide) groups is 1. The van der Waals surface area contributed by atoms with Crippen LogP contribution in [0.2, 0.25) is 0 Å². The predicted octanol–water partition coefficient (Wildman–Crippen LogP) is 6.08. The average Bonchev–Trinajstić information content (AvgIpc) is 2.74. The molecule has 1 amide bonds. The van der Waals surface area contributed by atoms with Gasteiger partial charge in [0.1, 0.15) is 11.4 Å². The van der Waals surface area contributed by atoms with Crippen molar-refractivity contribution in [1.29, 1.82) is 0 Å². The molecule has 1 saturated heterocycles. The van der Waals surface area contributed by atoms with Crippen molar-refractivity contribution in [3.05, 3.63) is 29.8 Å². The third-order valence-corrected chi connectivity index (χ3v) is 7.41.